The second kappa shape index (κ2) is 7.42. The molecular weight excluding hydrogens is 356 g/mol. The van der Waals surface area contributed by atoms with Crippen LogP contribution in [0.4, 0.5) is 28.9 Å². The van der Waals surface area contributed by atoms with Gasteiger partial charge >= 0.3 is 6.18 Å². The van der Waals surface area contributed by atoms with Crippen molar-refractivity contribution < 1.29 is 31.9 Å². The maximum atomic E-state index is 13.3. The third kappa shape index (κ3) is 4.50. The summed E-state index contributed by atoms with van der Waals surface area (Å²) in [5.74, 6) is -2.49. The van der Waals surface area contributed by atoms with Crippen molar-refractivity contribution in [3.05, 3.63) is 53.3 Å². The lowest BCUT2D eigenvalue weighted by Crippen LogP contribution is -2.16. The first kappa shape index (κ1) is 19.2. The number of amides is 2. The van der Waals surface area contributed by atoms with Gasteiger partial charge in [0.05, 0.1) is 18.4 Å². The second-order valence-corrected chi connectivity index (χ2v) is 5.24. The fourth-order valence-electron chi connectivity index (χ4n) is 2.16. The van der Waals surface area contributed by atoms with E-state index in [-0.39, 0.29) is 22.9 Å². The Kier molecular flexibility index (Phi) is 5.49. The highest BCUT2D eigenvalue weighted by Gasteiger charge is 2.34. The Morgan fingerprint density at radius 3 is 2.31 bits per heavy atom. The molecule has 2 aromatic rings. The maximum absolute atomic E-state index is 13.3. The molecule has 0 aliphatic heterocycles. The summed E-state index contributed by atoms with van der Waals surface area (Å²) in [7, 11) is 1.34. The molecule has 2 N–H and O–H groups in total. The molecule has 138 valence electrons. The Morgan fingerprint density at radius 1 is 1.04 bits per heavy atom. The van der Waals surface area contributed by atoms with Gasteiger partial charge in [-0.1, -0.05) is 0 Å². The zero-order valence-corrected chi connectivity index (χ0v) is 13.7. The average molecular weight is 370 g/mol. The highest BCUT2D eigenvalue weighted by molar-refractivity contribution is 6.05. The molecule has 2 rings (SSSR count). The molecule has 0 atom stereocenters. The Labute approximate surface area is 146 Å². The summed E-state index contributed by atoms with van der Waals surface area (Å²) in [6.07, 6.45) is -4.93. The molecule has 9 heteroatoms. The van der Waals surface area contributed by atoms with Gasteiger partial charge in [-0.15, -0.1) is 0 Å². The van der Waals surface area contributed by atoms with E-state index in [1.165, 1.54) is 32.2 Å². The van der Waals surface area contributed by atoms with Crippen molar-refractivity contribution in [3.8, 4) is 5.75 Å². The van der Waals surface area contributed by atoms with Crippen molar-refractivity contribution in [2.24, 2.45) is 0 Å². The smallest absolute Gasteiger partial charge is 0.419 e. The van der Waals surface area contributed by atoms with Crippen LogP contribution in [0, 0.1) is 5.82 Å². The maximum Gasteiger partial charge on any atom is 0.419 e. The van der Waals surface area contributed by atoms with Gasteiger partial charge in [-0.2, -0.15) is 13.2 Å². The number of carbonyl (C=O) groups excluding carboxylic acids is 2. The topological polar surface area (TPSA) is 67.4 Å². The lowest BCUT2D eigenvalue weighted by atomic mass is 10.1. The predicted molar refractivity (Wildman–Crippen MR) is 86.7 cm³/mol. The molecule has 0 aliphatic carbocycles. The summed E-state index contributed by atoms with van der Waals surface area (Å²) >= 11 is 0. The molecule has 0 unspecified atom stereocenters. The van der Waals surface area contributed by atoms with Gasteiger partial charge in [0, 0.05) is 18.2 Å². The first-order valence-electron chi connectivity index (χ1n) is 7.25. The molecule has 26 heavy (non-hydrogen) atoms. The molecule has 0 saturated heterocycles. The van der Waals surface area contributed by atoms with E-state index in [1.807, 2.05) is 0 Å². The third-order valence-electron chi connectivity index (χ3n) is 3.30. The minimum absolute atomic E-state index is 0.127. The number of benzene rings is 2. The van der Waals surface area contributed by atoms with Crippen molar-refractivity contribution >= 4 is 23.2 Å². The standard InChI is InChI=1S/C17H14F4N2O3/c1-9(24)22-11-4-6-15(26-2)14(8-11)23-16(25)10-3-5-13(18)12(7-10)17(19,20)21/h3-8H,1-2H3,(H,22,24)(H,23,25). The molecule has 0 radical (unpaired) electrons. The number of methoxy groups -OCH3 is 1. The summed E-state index contributed by atoms with van der Waals surface area (Å²) in [5, 5.41) is 4.89. The highest BCUT2D eigenvalue weighted by atomic mass is 19.4. The Hall–Kier alpha value is -3.10. The summed E-state index contributed by atoms with van der Waals surface area (Å²) in [6, 6.07) is 6.30. The number of rotatable bonds is 4. The SMILES string of the molecule is COc1ccc(NC(C)=O)cc1NC(=O)c1ccc(F)c(C(F)(F)F)c1. The lowest BCUT2D eigenvalue weighted by Gasteiger charge is -2.13. The van der Waals surface area contributed by atoms with Crippen molar-refractivity contribution in [2.45, 2.75) is 13.1 Å². The Morgan fingerprint density at radius 2 is 1.73 bits per heavy atom. The van der Waals surface area contributed by atoms with Crippen LogP contribution in [0.3, 0.4) is 0 Å². The normalized spacial score (nSPS) is 11.0. The van der Waals surface area contributed by atoms with Crippen molar-refractivity contribution in [2.75, 3.05) is 17.7 Å². The lowest BCUT2D eigenvalue weighted by molar-refractivity contribution is -0.140. The van der Waals surface area contributed by atoms with Gasteiger partial charge in [-0.05, 0) is 36.4 Å². The van der Waals surface area contributed by atoms with Crippen LogP contribution in [-0.2, 0) is 11.0 Å². The Bertz CT molecular complexity index is 850. The number of halogens is 4. The number of ether oxygens (including phenoxy) is 1. The van der Waals surface area contributed by atoms with Crippen LogP contribution in [0.5, 0.6) is 5.75 Å². The van der Waals surface area contributed by atoms with E-state index in [9.17, 15) is 27.2 Å². The monoisotopic (exact) mass is 370 g/mol. The van der Waals surface area contributed by atoms with Crippen LogP contribution in [0.15, 0.2) is 36.4 Å². The average Bonchev–Trinajstić information content (AvgIpc) is 2.53. The molecule has 0 spiro atoms. The fourth-order valence-corrected chi connectivity index (χ4v) is 2.16. The number of anilines is 2. The van der Waals surface area contributed by atoms with Crippen LogP contribution in [0.2, 0.25) is 0 Å². The molecule has 0 fully saturated rings. The minimum atomic E-state index is -4.93. The minimum Gasteiger partial charge on any atom is -0.495 e. The van der Waals surface area contributed by atoms with E-state index < -0.39 is 23.5 Å². The zero-order chi connectivity index (χ0) is 19.5. The van der Waals surface area contributed by atoms with Crippen molar-refractivity contribution in [3.63, 3.8) is 0 Å². The van der Waals surface area contributed by atoms with Crippen LogP contribution in [0.25, 0.3) is 0 Å². The van der Waals surface area contributed by atoms with E-state index in [0.717, 1.165) is 6.07 Å². The largest absolute Gasteiger partial charge is 0.495 e. The van der Waals surface area contributed by atoms with Crippen molar-refractivity contribution in [1.29, 1.82) is 0 Å². The molecule has 0 bridgehead atoms. The quantitative estimate of drug-likeness (QED) is 0.798. The van der Waals surface area contributed by atoms with Crippen LogP contribution >= 0.6 is 0 Å². The van der Waals surface area contributed by atoms with Gasteiger partial charge in [0.2, 0.25) is 5.91 Å². The van der Waals surface area contributed by atoms with E-state index in [4.69, 9.17) is 4.74 Å². The predicted octanol–water partition coefficient (Wildman–Crippen LogP) is 4.06. The van der Waals surface area contributed by atoms with Gasteiger partial charge in [0.1, 0.15) is 11.6 Å². The highest BCUT2D eigenvalue weighted by Crippen LogP contribution is 2.33. The van der Waals surface area contributed by atoms with Gasteiger partial charge in [-0.3, -0.25) is 9.59 Å². The number of alkyl halides is 3. The summed E-state index contributed by atoms with van der Waals surface area (Å²) in [6.45, 7) is 1.29. The van der Waals surface area contributed by atoms with E-state index in [0.29, 0.717) is 17.8 Å². The summed E-state index contributed by atoms with van der Waals surface area (Å²) < 4.78 is 56.7. The molecular formula is C17H14F4N2O3. The summed E-state index contributed by atoms with van der Waals surface area (Å²) in [5.41, 5.74) is -1.44. The molecule has 0 aromatic heterocycles. The second-order valence-electron chi connectivity index (χ2n) is 5.24. The molecule has 5 nitrogen and oxygen atoms in total. The zero-order valence-electron chi connectivity index (χ0n) is 13.7. The van der Waals surface area contributed by atoms with Crippen molar-refractivity contribution in [1.82, 2.24) is 0 Å². The van der Waals surface area contributed by atoms with E-state index >= 15 is 0 Å². The molecule has 0 aliphatic rings. The van der Waals surface area contributed by atoms with Gasteiger partial charge in [0.25, 0.3) is 5.91 Å². The van der Waals surface area contributed by atoms with E-state index in [1.54, 1.807) is 0 Å². The van der Waals surface area contributed by atoms with Gasteiger partial charge < -0.3 is 15.4 Å². The number of hydrogen-bond donors (Lipinski definition) is 2. The molecule has 0 saturated carbocycles. The third-order valence-corrected chi connectivity index (χ3v) is 3.30. The molecule has 2 aromatic carbocycles. The Balaban J connectivity index is 2.34. The summed E-state index contributed by atoms with van der Waals surface area (Å²) in [4.78, 5) is 23.4. The first-order valence-corrected chi connectivity index (χ1v) is 7.25. The fraction of sp³-hybridized carbons (Fsp3) is 0.176. The molecule has 0 heterocycles. The number of nitrogens with one attached hydrogen (secondary N) is 2. The number of hydrogen-bond acceptors (Lipinski definition) is 3. The van der Waals surface area contributed by atoms with Gasteiger partial charge in [0.15, 0.2) is 0 Å². The van der Waals surface area contributed by atoms with Crippen LogP contribution in [-0.4, -0.2) is 18.9 Å². The van der Waals surface area contributed by atoms with Crippen LogP contribution in [0.1, 0.15) is 22.8 Å². The van der Waals surface area contributed by atoms with Crippen LogP contribution < -0.4 is 15.4 Å². The van der Waals surface area contributed by atoms with Gasteiger partial charge in [-0.25, -0.2) is 4.39 Å². The number of carbonyl (C=O) groups is 2. The molecule has 2 amide bonds. The van der Waals surface area contributed by atoms with E-state index in [2.05, 4.69) is 10.6 Å². The first-order chi connectivity index (χ1) is 12.1.